The van der Waals surface area contributed by atoms with Crippen molar-refractivity contribution in [3.63, 3.8) is 0 Å². The topological polar surface area (TPSA) is 89.7 Å². The molecular formula is C13H20N4O3. The van der Waals surface area contributed by atoms with Gasteiger partial charge in [-0.1, -0.05) is 6.92 Å². The van der Waals surface area contributed by atoms with Gasteiger partial charge in [-0.05, 0) is 25.3 Å². The molecule has 2 heterocycles. The van der Waals surface area contributed by atoms with Crippen LogP contribution in [0.25, 0.3) is 0 Å². The lowest BCUT2D eigenvalue weighted by Gasteiger charge is -2.44. The van der Waals surface area contributed by atoms with Gasteiger partial charge in [-0.2, -0.15) is 0 Å². The highest BCUT2D eigenvalue weighted by atomic mass is 16.6. The molecule has 3 N–H and O–H groups in total. The molecule has 1 aliphatic heterocycles. The number of urea groups is 1. The van der Waals surface area contributed by atoms with Crippen LogP contribution < -0.4 is 20.9 Å². The number of rotatable bonds is 3. The first-order valence-corrected chi connectivity index (χ1v) is 6.51. The molecular weight excluding hydrogens is 260 g/mol. The number of nitrogens with two attached hydrogens (primary N) is 1. The second-order valence-electron chi connectivity index (χ2n) is 4.72. The van der Waals surface area contributed by atoms with E-state index in [2.05, 4.69) is 10.5 Å². The van der Waals surface area contributed by atoms with E-state index in [-0.39, 0.29) is 0 Å². The fourth-order valence-electron chi connectivity index (χ4n) is 2.44. The minimum Gasteiger partial charge on any atom is -0.481 e. The van der Waals surface area contributed by atoms with Gasteiger partial charge in [0.25, 0.3) is 0 Å². The number of amides is 2. The van der Waals surface area contributed by atoms with Crippen LogP contribution in [0.1, 0.15) is 25.5 Å². The second-order valence-corrected chi connectivity index (χ2v) is 4.72. The van der Waals surface area contributed by atoms with Crippen molar-refractivity contribution in [3.8, 4) is 5.88 Å². The van der Waals surface area contributed by atoms with Crippen molar-refractivity contribution in [1.29, 1.82) is 0 Å². The normalized spacial score (nSPS) is 21.3. The number of fused-ring (bicyclic) bond motifs is 1. The molecule has 110 valence electrons. The monoisotopic (exact) mass is 280 g/mol. The maximum atomic E-state index is 12.2. The van der Waals surface area contributed by atoms with E-state index in [4.69, 9.17) is 15.3 Å². The van der Waals surface area contributed by atoms with Crippen molar-refractivity contribution in [1.82, 2.24) is 10.5 Å². The third kappa shape index (κ3) is 2.41. The average molecular weight is 280 g/mol. The fourth-order valence-corrected chi connectivity index (χ4v) is 2.44. The predicted molar refractivity (Wildman–Crippen MR) is 74.3 cm³/mol. The van der Waals surface area contributed by atoms with Crippen molar-refractivity contribution in [2.45, 2.75) is 31.8 Å². The van der Waals surface area contributed by atoms with Gasteiger partial charge in [-0.3, -0.25) is 9.74 Å². The van der Waals surface area contributed by atoms with Gasteiger partial charge in [0.1, 0.15) is 0 Å². The highest BCUT2D eigenvalue weighted by Crippen LogP contribution is 2.36. The molecule has 0 saturated heterocycles. The van der Waals surface area contributed by atoms with Crippen molar-refractivity contribution >= 4 is 11.7 Å². The summed E-state index contributed by atoms with van der Waals surface area (Å²) in [4.78, 5) is 22.9. The number of aromatic nitrogens is 1. The molecule has 2 amide bonds. The van der Waals surface area contributed by atoms with Gasteiger partial charge >= 0.3 is 6.03 Å². The largest absolute Gasteiger partial charge is 0.481 e. The molecule has 0 aromatic carbocycles. The van der Waals surface area contributed by atoms with Crippen LogP contribution in [0, 0.1) is 0 Å². The van der Waals surface area contributed by atoms with E-state index in [1.54, 1.807) is 19.2 Å². The molecule has 0 bridgehead atoms. The predicted octanol–water partition coefficient (Wildman–Crippen LogP) is 1.18. The average Bonchev–Trinajstić information content (AvgIpc) is 2.46. The first-order valence-electron chi connectivity index (χ1n) is 6.51. The maximum absolute atomic E-state index is 12.2. The summed E-state index contributed by atoms with van der Waals surface area (Å²) in [7, 11) is 2.95. The van der Waals surface area contributed by atoms with Crippen LogP contribution in [0.15, 0.2) is 12.1 Å². The maximum Gasteiger partial charge on any atom is 0.347 e. The molecule has 1 unspecified atom stereocenters. The first kappa shape index (κ1) is 14.5. The Hall–Kier alpha value is -1.86. The lowest BCUT2D eigenvalue weighted by Crippen LogP contribution is -2.63. The third-order valence-corrected chi connectivity index (χ3v) is 3.62. The van der Waals surface area contributed by atoms with Crippen molar-refractivity contribution in [2.75, 3.05) is 19.1 Å². The molecule has 0 saturated carbocycles. The van der Waals surface area contributed by atoms with Crippen LogP contribution >= 0.6 is 0 Å². The Kier molecular flexibility index (Phi) is 4.10. The van der Waals surface area contributed by atoms with E-state index in [9.17, 15) is 4.79 Å². The molecule has 0 radical (unpaired) electrons. The number of hydrogen-bond donors (Lipinski definition) is 2. The van der Waals surface area contributed by atoms with Gasteiger partial charge in [0.05, 0.1) is 31.3 Å². The van der Waals surface area contributed by atoms with E-state index >= 15 is 0 Å². The molecule has 0 aliphatic carbocycles. The minimum absolute atomic E-state index is 0.398. The number of methoxy groups -OCH3 is 1. The van der Waals surface area contributed by atoms with Crippen LogP contribution in [-0.4, -0.2) is 30.9 Å². The Balaban J connectivity index is 2.46. The highest BCUT2D eigenvalue weighted by molar-refractivity contribution is 5.94. The number of anilines is 1. The number of ether oxygens (including phenoxy) is 1. The summed E-state index contributed by atoms with van der Waals surface area (Å²) in [6.07, 6.45) is 1.97. The Morgan fingerprint density at radius 3 is 2.90 bits per heavy atom. The van der Waals surface area contributed by atoms with Crippen LogP contribution in [0.5, 0.6) is 5.88 Å². The Labute approximate surface area is 118 Å². The molecule has 7 nitrogen and oxygen atoms in total. The van der Waals surface area contributed by atoms with Crippen LogP contribution in [0.2, 0.25) is 0 Å². The van der Waals surface area contributed by atoms with Gasteiger partial charge in [-0.15, -0.1) is 0 Å². The Morgan fingerprint density at radius 2 is 2.30 bits per heavy atom. The van der Waals surface area contributed by atoms with Crippen LogP contribution in [0.3, 0.4) is 0 Å². The molecule has 1 aromatic heterocycles. The smallest absolute Gasteiger partial charge is 0.347 e. The fraction of sp³-hybridized carbons (Fsp3) is 0.538. The summed E-state index contributed by atoms with van der Waals surface area (Å²) >= 11 is 0. The van der Waals surface area contributed by atoms with Crippen LogP contribution in [-0.2, 0) is 11.3 Å². The number of carbonyl (C=O) groups excluding carboxylic acids is 1. The number of hydrogen-bond acceptors (Lipinski definition) is 5. The summed E-state index contributed by atoms with van der Waals surface area (Å²) in [6, 6.07) is 3.12. The SMILES string of the molecule is CCC1(N)CCc2nc(OC)ccc2N1C(=O)NOC. The van der Waals surface area contributed by atoms with E-state index < -0.39 is 11.7 Å². The van der Waals surface area contributed by atoms with Gasteiger partial charge in [0.2, 0.25) is 5.88 Å². The molecule has 2 rings (SSSR count). The molecule has 0 fully saturated rings. The molecule has 7 heteroatoms. The summed E-state index contributed by atoms with van der Waals surface area (Å²) in [5.41, 5.74) is 9.43. The Morgan fingerprint density at radius 1 is 1.55 bits per heavy atom. The van der Waals surface area contributed by atoms with Gasteiger partial charge in [0, 0.05) is 6.07 Å². The number of aryl methyl sites for hydroxylation is 1. The van der Waals surface area contributed by atoms with Gasteiger partial charge in [0.15, 0.2) is 0 Å². The number of pyridine rings is 1. The zero-order valence-corrected chi connectivity index (χ0v) is 12.0. The van der Waals surface area contributed by atoms with Crippen molar-refractivity contribution in [3.05, 3.63) is 17.8 Å². The molecule has 1 atom stereocenters. The standard InChI is InChI=1S/C13H20N4O3/c1-4-13(14)8-7-9-10(5-6-11(15-9)19-2)17(13)12(18)16-20-3/h5-6H,4,7-8,14H2,1-3H3,(H,16,18). The molecule has 20 heavy (non-hydrogen) atoms. The lowest BCUT2D eigenvalue weighted by molar-refractivity contribution is 0.106. The summed E-state index contributed by atoms with van der Waals surface area (Å²) in [5, 5.41) is 0. The lowest BCUT2D eigenvalue weighted by atomic mass is 9.92. The summed E-state index contributed by atoms with van der Waals surface area (Å²) in [6.45, 7) is 1.95. The van der Waals surface area contributed by atoms with Crippen LogP contribution in [0.4, 0.5) is 10.5 Å². The number of nitrogens with one attached hydrogen (secondary N) is 1. The molecule has 0 spiro atoms. The van der Waals surface area contributed by atoms with E-state index in [1.165, 1.54) is 12.0 Å². The molecule has 1 aliphatic rings. The number of carbonyl (C=O) groups is 1. The zero-order valence-electron chi connectivity index (χ0n) is 12.0. The molecule has 1 aromatic rings. The quantitative estimate of drug-likeness (QED) is 0.811. The zero-order chi connectivity index (χ0) is 14.8. The van der Waals surface area contributed by atoms with E-state index in [0.717, 1.165) is 5.69 Å². The highest BCUT2D eigenvalue weighted by Gasteiger charge is 2.40. The van der Waals surface area contributed by atoms with E-state index in [0.29, 0.717) is 30.8 Å². The number of nitrogens with zero attached hydrogens (tertiary/aromatic N) is 2. The van der Waals surface area contributed by atoms with E-state index in [1.807, 2.05) is 6.92 Å². The third-order valence-electron chi connectivity index (χ3n) is 3.62. The van der Waals surface area contributed by atoms with Gasteiger partial charge < -0.3 is 10.5 Å². The Bertz CT molecular complexity index is 508. The summed E-state index contributed by atoms with van der Waals surface area (Å²) < 4.78 is 5.12. The second kappa shape index (κ2) is 5.64. The van der Waals surface area contributed by atoms with Gasteiger partial charge in [-0.25, -0.2) is 15.3 Å². The minimum atomic E-state index is -0.744. The number of hydroxylamine groups is 1. The van der Waals surface area contributed by atoms with Crippen molar-refractivity contribution < 1.29 is 14.4 Å². The summed E-state index contributed by atoms with van der Waals surface area (Å²) in [5.74, 6) is 0.525. The first-order chi connectivity index (χ1) is 9.55. The van der Waals surface area contributed by atoms with Crippen molar-refractivity contribution in [2.24, 2.45) is 5.73 Å².